The summed E-state index contributed by atoms with van der Waals surface area (Å²) >= 11 is 18.3. The summed E-state index contributed by atoms with van der Waals surface area (Å²) in [6.07, 6.45) is 3.99. The Bertz CT molecular complexity index is 1030. The van der Waals surface area contributed by atoms with E-state index < -0.39 is 21.0 Å². The maximum absolute atomic E-state index is 13.2. The number of amides is 1. The maximum atomic E-state index is 13.2. The van der Waals surface area contributed by atoms with Crippen molar-refractivity contribution in [1.29, 1.82) is 0 Å². The van der Waals surface area contributed by atoms with Gasteiger partial charge in [-0.3, -0.25) is 4.84 Å². The van der Waals surface area contributed by atoms with Gasteiger partial charge in [0.1, 0.15) is 0 Å². The van der Waals surface area contributed by atoms with Crippen molar-refractivity contribution in [3.8, 4) is 0 Å². The highest BCUT2D eigenvalue weighted by atomic mass is 35.5. The van der Waals surface area contributed by atoms with E-state index in [2.05, 4.69) is 10.5 Å². The van der Waals surface area contributed by atoms with E-state index in [9.17, 15) is 13.2 Å². The number of nitrogens with zero attached hydrogens (tertiary/aromatic N) is 1. The van der Waals surface area contributed by atoms with Crippen molar-refractivity contribution >= 4 is 55.8 Å². The summed E-state index contributed by atoms with van der Waals surface area (Å²) in [5.41, 5.74) is -0.0544. The molecule has 1 N–H and O–H groups in total. The molecule has 0 unspecified atom stereocenters. The van der Waals surface area contributed by atoms with Crippen molar-refractivity contribution in [3.05, 3.63) is 63.1 Å². The molecule has 1 fully saturated rings. The number of sulfone groups is 1. The van der Waals surface area contributed by atoms with Crippen molar-refractivity contribution in [2.24, 2.45) is 5.16 Å². The van der Waals surface area contributed by atoms with Crippen molar-refractivity contribution in [3.63, 3.8) is 0 Å². The van der Waals surface area contributed by atoms with Crippen LogP contribution in [0.3, 0.4) is 0 Å². The van der Waals surface area contributed by atoms with E-state index in [0.717, 1.165) is 32.1 Å². The van der Waals surface area contributed by atoms with Gasteiger partial charge in [0.05, 0.1) is 20.5 Å². The molecular formula is C20H19Cl3N2O4S. The van der Waals surface area contributed by atoms with Crippen LogP contribution in [-0.2, 0) is 14.7 Å². The predicted octanol–water partition coefficient (Wildman–Crippen LogP) is 5.84. The lowest BCUT2D eigenvalue weighted by atomic mass is 9.96. The van der Waals surface area contributed by atoms with E-state index in [-0.39, 0.29) is 26.5 Å². The molecule has 10 heteroatoms. The summed E-state index contributed by atoms with van der Waals surface area (Å²) in [5.74, 6) is 0. The Morgan fingerprint density at radius 3 is 2.17 bits per heavy atom. The van der Waals surface area contributed by atoms with Gasteiger partial charge in [0.15, 0.2) is 0 Å². The van der Waals surface area contributed by atoms with Crippen LogP contribution in [0.25, 0.3) is 0 Å². The van der Waals surface area contributed by atoms with Crippen LogP contribution in [0.4, 0.5) is 4.79 Å². The first-order chi connectivity index (χ1) is 14.3. The monoisotopic (exact) mass is 488 g/mol. The third kappa shape index (κ3) is 5.46. The molecule has 2 aromatic rings. The molecule has 6 nitrogen and oxygen atoms in total. The zero-order valence-electron chi connectivity index (χ0n) is 15.8. The molecule has 2 aromatic carbocycles. The molecule has 0 spiro atoms. The van der Waals surface area contributed by atoms with Crippen LogP contribution in [-0.4, -0.2) is 25.6 Å². The van der Waals surface area contributed by atoms with Gasteiger partial charge in [-0.15, -0.1) is 0 Å². The van der Waals surface area contributed by atoms with Crippen LogP contribution in [0.5, 0.6) is 0 Å². The third-order valence-electron chi connectivity index (χ3n) is 4.69. The normalized spacial score (nSPS) is 15.6. The van der Waals surface area contributed by atoms with Gasteiger partial charge >= 0.3 is 6.09 Å². The Kier molecular flexibility index (Phi) is 7.63. The standard InChI is InChI=1S/C20H19Cl3N2O4S/c21-13-9-11-15(12-10-13)30(27,28)19(18-16(22)7-4-8-17(18)23)25-29-20(26)24-14-5-2-1-3-6-14/h4,7-12,14H,1-3,5-6H2,(H,24,26). The first-order valence-electron chi connectivity index (χ1n) is 9.29. The number of benzene rings is 2. The summed E-state index contributed by atoms with van der Waals surface area (Å²) in [7, 11) is -4.23. The summed E-state index contributed by atoms with van der Waals surface area (Å²) in [4.78, 5) is 17.0. The van der Waals surface area contributed by atoms with E-state index in [1.54, 1.807) is 6.07 Å². The highest BCUT2D eigenvalue weighted by molar-refractivity contribution is 8.07. The zero-order valence-corrected chi connectivity index (χ0v) is 18.9. The summed E-state index contributed by atoms with van der Waals surface area (Å²) in [5, 5.41) is 6.27. The quantitative estimate of drug-likeness (QED) is 0.253. The van der Waals surface area contributed by atoms with E-state index in [1.807, 2.05) is 0 Å². The fourth-order valence-corrected chi connectivity index (χ4v) is 5.34. The van der Waals surface area contributed by atoms with Gasteiger partial charge in [-0.1, -0.05) is 65.3 Å². The van der Waals surface area contributed by atoms with Crippen LogP contribution in [0.2, 0.25) is 15.1 Å². The van der Waals surface area contributed by atoms with E-state index in [0.29, 0.717) is 5.02 Å². The van der Waals surface area contributed by atoms with Gasteiger partial charge in [-0.25, -0.2) is 13.2 Å². The van der Waals surface area contributed by atoms with Gasteiger partial charge < -0.3 is 5.32 Å². The number of oxime groups is 1. The highest BCUT2D eigenvalue weighted by Crippen LogP contribution is 2.30. The van der Waals surface area contributed by atoms with Gasteiger partial charge in [-0.2, -0.15) is 0 Å². The Morgan fingerprint density at radius 1 is 0.967 bits per heavy atom. The molecule has 0 aliphatic heterocycles. The van der Waals surface area contributed by atoms with Gasteiger partial charge in [0.25, 0.3) is 0 Å². The Labute approximate surface area is 190 Å². The molecule has 0 heterocycles. The lowest BCUT2D eigenvalue weighted by Crippen LogP contribution is -2.36. The van der Waals surface area contributed by atoms with Crippen molar-refractivity contribution < 1.29 is 18.0 Å². The minimum Gasteiger partial charge on any atom is -0.317 e. The molecule has 3 rings (SSSR count). The summed E-state index contributed by atoms with van der Waals surface area (Å²) in [6.45, 7) is 0. The molecule has 30 heavy (non-hydrogen) atoms. The van der Waals surface area contributed by atoms with Gasteiger partial charge in [0.2, 0.25) is 14.9 Å². The van der Waals surface area contributed by atoms with Crippen LogP contribution in [0.1, 0.15) is 37.7 Å². The molecule has 1 amide bonds. The second kappa shape index (κ2) is 10.0. The second-order valence-corrected chi connectivity index (χ2v) is 9.92. The molecule has 0 bridgehead atoms. The van der Waals surface area contributed by atoms with E-state index >= 15 is 0 Å². The molecule has 0 aromatic heterocycles. The minimum absolute atomic E-state index is 0.0262. The number of carbonyl (C=O) groups is 1. The zero-order chi connectivity index (χ0) is 21.7. The molecule has 0 radical (unpaired) electrons. The molecule has 0 saturated heterocycles. The largest absolute Gasteiger partial charge is 0.433 e. The summed E-state index contributed by atoms with van der Waals surface area (Å²) in [6, 6.07) is 9.97. The topological polar surface area (TPSA) is 84.8 Å². The fourth-order valence-electron chi connectivity index (χ4n) is 3.18. The Hall–Kier alpha value is -1.80. The smallest absolute Gasteiger partial charge is 0.317 e. The van der Waals surface area contributed by atoms with Crippen molar-refractivity contribution in [2.75, 3.05) is 0 Å². The minimum atomic E-state index is -4.23. The molecule has 1 saturated carbocycles. The second-order valence-electron chi connectivity index (χ2n) is 6.81. The number of nitrogens with one attached hydrogen (secondary N) is 1. The number of carbonyl (C=O) groups excluding carboxylic acids is 1. The van der Waals surface area contributed by atoms with Crippen LogP contribution < -0.4 is 5.32 Å². The van der Waals surface area contributed by atoms with Crippen molar-refractivity contribution in [1.82, 2.24) is 5.32 Å². The molecule has 1 aliphatic rings. The van der Waals surface area contributed by atoms with Gasteiger partial charge in [0, 0.05) is 11.1 Å². The van der Waals surface area contributed by atoms with Gasteiger partial charge in [-0.05, 0) is 49.2 Å². The predicted molar refractivity (Wildman–Crippen MR) is 118 cm³/mol. The van der Waals surface area contributed by atoms with Crippen molar-refractivity contribution in [2.45, 2.75) is 43.0 Å². The maximum Gasteiger partial charge on any atom is 0.433 e. The molecule has 0 atom stereocenters. The number of hydrogen-bond donors (Lipinski definition) is 1. The Balaban J connectivity index is 1.96. The number of rotatable bonds is 4. The first-order valence-corrected chi connectivity index (χ1v) is 11.9. The lowest BCUT2D eigenvalue weighted by Gasteiger charge is -2.21. The highest BCUT2D eigenvalue weighted by Gasteiger charge is 2.30. The average Bonchev–Trinajstić information content (AvgIpc) is 2.71. The molecule has 1 aliphatic carbocycles. The van der Waals surface area contributed by atoms with Crippen LogP contribution in [0, 0.1) is 0 Å². The molecule has 160 valence electrons. The fraction of sp³-hybridized carbons (Fsp3) is 0.300. The summed E-state index contributed by atoms with van der Waals surface area (Å²) < 4.78 is 26.5. The third-order valence-corrected chi connectivity index (χ3v) is 7.26. The Morgan fingerprint density at radius 2 is 1.57 bits per heavy atom. The number of halogens is 3. The number of hydrogen-bond acceptors (Lipinski definition) is 5. The SMILES string of the molecule is O=C(NC1CCCCC1)ON=C(c1c(Cl)cccc1Cl)S(=O)(=O)c1ccc(Cl)cc1. The van der Waals surface area contributed by atoms with E-state index in [1.165, 1.54) is 36.4 Å². The average molecular weight is 490 g/mol. The first kappa shape index (κ1) is 22.9. The van der Waals surface area contributed by atoms with Crippen LogP contribution >= 0.6 is 34.8 Å². The molecular weight excluding hydrogens is 471 g/mol. The lowest BCUT2D eigenvalue weighted by molar-refractivity contribution is 0.144. The van der Waals surface area contributed by atoms with Crippen LogP contribution in [0.15, 0.2) is 52.5 Å². The van der Waals surface area contributed by atoms with E-state index in [4.69, 9.17) is 39.6 Å².